The van der Waals surface area contributed by atoms with Crippen LogP contribution in [0.15, 0.2) is 116 Å². The molecule has 0 saturated carbocycles. The maximum Gasteiger partial charge on any atom is 0.481 e. The molecular weight excluding hydrogens is 774 g/mol. The molecule has 0 aromatic carbocycles. The highest BCUT2D eigenvalue weighted by atomic mass is 31.3. The van der Waals surface area contributed by atoms with Crippen LogP contribution in [0.4, 0.5) is 0 Å². The van der Waals surface area contributed by atoms with Crippen molar-refractivity contribution in [2.45, 2.75) is 192 Å². The number of hydrogen-bond acceptors (Lipinski definition) is 4. The fourth-order valence-corrected chi connectivity index (χ4v) is 7.84. The second-order valence-electron chi connectivity index (χ2n) is 16.9. The highest BCUT2D eigenvalue weighted by Crippen LogP contribution is 2.57. The fourth-order valence-electron chi connectivity index (χ4n) is 6.31. The van der Waals surface area contributed by atoms with Crippen molar-refractivity contribution in [3.8, 4) is 0 Å². The van der Waals surface area contributed by atoms with E-state index in [9.17, 15) is 14.0 Å². The second kappa shape index (κ2) is 33.3. The van der Waals surface area contributed by atoms with E-state index in [1.54, 1.807) is 6.08 Å². The summed E-state index contributed by atoms with van der Waals surface area (Å²) in [6, 6.07) is 0. The molecule has 0 aliphatic heterocycles. The maximum atomic E-state index is 11.5. The molecule has 1 unspecified atom stereocenters. The molecule has 0 amide bonds. The van der Waals surface area contributed by atoms with Crippen LogP contribution in [0.2, 0.25) is 0 Å². The van der Waals surface area contributed by atoms with Crippen LogP contribution in [0.1, 0.15) is 192 Å². The monoisotopic (exact) mass is 859 g/mol. The van der Waals surface area contributed by atoms with E-state index in [0.29, 0.717) is 0 Å². The van der Waals surface area contributed by atoms with Crippen molar-refractivity contribution in [1.82, 2.24) is 0 Å². The molecule has 9 heteroatoms. The van der Waals surface area contributed by atoms with Crippen molar-refractivity contribution in [2.24, 2.45) is 0 Å². The molecule has 0 fully saturated rings. The lowest BCUT2D eigenvalue weighted by molar-refractivity contribution is 0.191. The molecular formula is C50H84O7P2. The highest BCUT2D eigenvalue weighted by Gasteiger charge is 2.31. The first-order valence-corrected chi connectivity index (χ1v) is 25.0. The second-order valence-corrected chi connectivity index (χ2v) is 19.8. The summed E-state index contributed by atoms with van der Waals surface area (Å²) in [5.41, 5.74) is 14.1. The number of allylic oxidation sites excluding steroid dienone is 19. The number of phosphoric ester groups is 1. The largest absolute Gasteiger partial charge is 0.481 e. The van der Waals surface area contributed by atoms with Gasteiger partial charge >= 0.3 is 15.6 Å². The van der Waals surface area contributed by atoms with Crippen LogP contribution in [0.3, 0.4) is 0 Å². The predicted molar refractivity (Wildman–Crippen MR) is 255 cm³/mol. The Morgan fingerprint density at radius 3 is 0.763 bits per heavy atom. The van der Waals surface area contributed by atoms with Gasteiger partial charge in [0.2, 0.25) is 0 Å². The summed E-state index contributed by atoms with van der Waals surface area (Å²) >= 11 is 0. The van der Waals surface area contributed by atoms with Gasteiger partial charge in [-0.1, -0.05) is 116 Å². The Morgan fingerprint density at radius 1 is 0.356 bits per heavy atom. The molecule has 7 nitrogen and oxygen atoms in total. The van der Waals surface area contributed by atoms with Crippen LogP contribution < -0.4 is 0 Å². The molecule has 3 N–H and O–H groups in total. The average molecular weight is 859 g/mol. The van der Waals surface area contributed by atoms with Gasteiger partial charge < -0.3 is 14.7 Å². The first kappa shape index (κ1) is 56.7. The Bertz CT molecular complexity index is 1640. The summed E-state index contributed by atoms with van der Waals surface area (Å²) in [4.78, 5) is 26.6. The minimum absolute atomic E-state index is 0.273. The summed E-state index contributed by atoms with van der Waals surface area (Å²) in [6.07, 6.45) is 42.5. The van der Waals surface area contributed by atoms with Gasteiger partial charge in [0.25, 0.3) is 0 Å². The summed E-state index contributed by atoms with van der Waals surface area (Å²) in [5, 5.41) is 0. The summed E-state index contributed by atoms with van der Waals surface area (Å²) in [5.74, 6) is 0. The van der Waals surface area contributed by atoms with E-state index in [1.165, 1.54) is 63.0 Å². The van der Waals surface area contributed by atoms with Gasteiger partial charge in [0.05, 0.1) is 6.61 Å². The smallest absolute Gasteiger partial charge is 0.302 e. The minimum atomic E-state index is -5.11. The molecule has 1 atom stereocenters. The zero-order valence-electron chi connectivity index (χ0n) is 39.1. The summed E-state index contributed by atoms with van der Waals surface area (Å²) < 4.78 is 30.6. The molecule has 0 radical (unpaired) electrons. The van der Waals surface area contributed by atoms with Gasteiger partial charge in [-0.15, -0.1) is 0 Å². The van der Waals surface area contributed by atoms with Gasteiger partial charge in [-0.25, -0.2) is 9.13 Å². The molecule has 0 aromatic heterocycles. The van der Waals surface area contributed by atoms with E-state index >= 15 is 0 Å². The van der Waals surface area contributed by atoms with Crippen molar-refractivity contribution >= 4 is 15.6 Å². The molecule has 0 aromatic rings. The Labute approximate surface area is 361 Å². The van der Waals surface area contributed by atoms with E-state index in [0.717, 1.165) is 108 Å². The molecule has 336 valence electrons. The van der Waals surface area contributed by atoms with Crippen LogP contribution >= 0.6 is 15.6 Å². The van der Waals surface area contributed by atoms with Gasteiger partial charge in [0.1, 0.15) is 0 Å². The molecule has 0 heterocycles. The maximum absolute atomic E-state index is 11.5. The third-order valence-electron chi connectivity index (χ3n) is 10.2. The van der Waals surface area contributed by atoms with Gasteiger partial charge in [-0.3, -0.25) is 4.52 Å². The Hall–Kier alpha value is -2.34. The topological polar surface area (TPSA) is 113 Å². The normalized spacial score (nSPS) is 15.9. The Balaban J connectivity index is 4.30. The lowest BCUT2D eigenvalue weighted by Gasteiger charge is -2.11. The van der Waals surface area contributed by atoms with E-state index < -0.39 is 15.6 Å². The standard InChI is InChI=1S/C50H84O7P2/c1-41(2)21-12-22-42(3)23-13-24-43(4)25-14-26-44(5)27-15-28-45(6)29-16-30-46(7)31-17-32-47(8)33-18-34-48(9)35-19-36-49(10)37-20-38-50(11)39-40-56-59(54,55)57-58(51,52)53/h21,23,25,27,29,31,33,35,37,39H,12-20,22,24,26,28,30,32,34,36,38,40H2,1-11H3,(H,54,55)(H2,51,52,53)/b42-23+,43-25-,44-27-,45-29+,46-31+,47-33+,48-35+,49-37+,50-39+. The van der Waals surface area contributed by atoms with Crippen LogP contribution in [0, 0.1) is 0 Å². The van der Waals surface area contributed by atoms with Crippen molar-refractivity contribution < 1.29 is 32.6 Å². The van der Waals surface area contributed by atoms with Gasteiger partial charge in [0.15, 0.2) is 0 Å². The van der Waals surface area contributed by atoms with E-state index in [-0.39, 0.29) is 6.61 Å². The average Bonchev–Trinajstić information content (AvgIpc) is 3.10. The molecule has 0 spiro atoms. The predicted octanol–water partition coefficient (Wildman–Crippen LogP) is 16.7. The third-order valence-corrected chi connectivity index (χ3v) is 12.4. The Morgan fingerprint density at radius 2 is 0.559 bits per heavy atom. The van der Waals surface area contributed by atoms with E-state index in [4.69, 9.17) is 9.79 Å². The molecule has 0 rings (SSSR count). The van der Waals surface area contributed by atoms with Crippen molar-refractivity contribution in [3.63, 3.8) is 0 Å². The lowest BCUT2D eigenvalue weighted by atomic mass is 10.0. The molecule has 59 heavy (non-hydrogen) atoms. The quantitative estimate of drug-likeness (QED) is 0.0456. The number of rotatable bonds is 32. The van der Waals surface area contributed by atoms with Crippen LogP contribution in [-0.2, 0) is 18.0 Å². The summed E-state index contributed by atoms with van der Waals surface area (Å²) in [7, 11) is -9.91. The fraction of sp³-hybridized carbons (Fsp3) is 0.600. The van der Waals surface area contributed by atoms with Crippen molar-refractivity contribution in [1.29, 1.82) is 0 Å². The van der Waals surface area contributed by atoms with Crippen molar-refractivity contribution in [2.75, 3.05) is 6.61 Å². The number of phosphoric acid groups is 2. The zero-order chi connectivity index (χ0) is 44.7. The van der Waals surface area contributed by atoms with Crippen LogP contribution in [0.5, 0.6) is 0 Å². The van der Waals surface area contributed by atoms with Gasteiger partial charge in [-0.2, -0.15) is 4.31 Å². The number of hydrogen-bond donors (Lipinski definition) is 3. The van der Waals surface area contributed by atoms with Crippen LogP contribution in [0.25, 0.3) is 0 Å². The lowest BCUT2D eigenvalue weighted by Crippen LogP contribution is -1.94. The van der Waals surface area contributed by atoms with Gasteiger partial charge in [0, 0.05) is 0 Å². The molecule has 0 aliphatic carbocycles. The van der Waals surface area contributed by atoms with E-state index in [2.05, 4.69) is 133 Å². The molecule has 0 aliphatic rings. The van der Waals surface area contributed by atoms with Crippen molar-refractivity contribution in [3.05, 3.63) is 116 Å². The SMILES string of the molecule is CC(C)=CCC/C(C)=C/CC/C(C)=C\CC/C(C)=C\CC/C(C)=C/CC/C(C)=C/CC/C(C)=C/CC/C(C)=C/CC/C(C)=C/CC/C(C)=C/COP(=O)(O)OP(=O)(O)O. The summed E-state index contributed by atoms with van der Waals surface area (Å²) in [6.45, 7) is 23.9. The zero-order valence-corrected chi connectivity index (χ0v) is 40.9. The first-order chi connectivity index (χ1) is 27.7. The van der Waals surface area contributed by atoms with Gasteiger partial charge in [-0.05, 0) is 192 Å². The minimum Gasteiger partial charge on any atom is -0.302 e. The molecule has 0 saturated heterocycles. The highest BCUT2D eigenvalue weighted by molar-refractivity contribution is 7.60. The molecule has 0 bridgehead atoms. The Kier molecular flexibility index (Phi) is 32.0. The van der Waals surface area contributed by atoms with E-state index in [1.807, 2.05) is 6.92 Å². The third kappa shape index (κ3) is 38.3. The van der Waals surface area contributed by atoms with Crippen LogP contribution in [-0.4, -0.2) is 21.3 Å². The first-order valence-electron chi connectivity index (χ1n) is 22.0.